The van der Waals surface area contributed by atoms with Crippen LogP contribution in [-0.4, -0.2) is 81.4 Å². The zero-order valence-corrected chi connectivity index (χ0v) is 23.1. The van der Waals surface area contributed by atoms with Crippen molar-refractivity contribution in [1.82, 2.24) is 24.8 Å². The van der Waals surface area contributed by atoms with Crippen LogP contribution in [0.5, 0.6) is 11.8 Å². The number of aromatic nitrogens is 3. The van der Waals surface area contributed by atoms with Crippen LogP contribution in [0.25, 0.3) is 32.9 Å². The number of nitrogens with zero attached hydrogens (tertiary/aromatic N) is 5. The van der Waals surface area contributed by atoms with Crippen LogP contribution in [0.1, 0.15) is 37.8 Å². The second-order valence-electron chi connectivity index (χ2n) is 12.7. The molecule has 2 unspecified atom stereocenters. The van der Waals surface area contributed by atoms with Crippen LogP contribution in [-0.2, 0) is 5.41 Å². The molecule has 4 fully saturated rings. The Bertz CT molecular complexity index is 1700. The summed E-state index contributed by atoms with van der Waals surface area (Å²) in [6.45, 7) is 3.51. The summed E-state index contributed by atoms with van der Waals surface area (Å²) in [5, 5.41) is 12.6. The lowest BCUT2D eigenvalue weighted by molar-refractivity contribution is 0.107. The standard InChI is InChI=1S/C32H33F2N5O2/c1-38-10-8-32(13-20(32)16-38)29-25-15-35-27(24-12-22(40)11-19-5-2-3-6-23(19)24)26(34)28(25)36-30(37-29)41-18-31-7-4-9-39(31)17-21(33)14-31/h2-3,5-6,11-12,15,20-21,40H,4,7-10,13-14,16-18H2,1H3/t20?,21-,31+,32?/m1/s1. The Balaban J connectivity index is 1.26. The van der Waals surface area contributed by atoms with Gasteiger partial charge in [0.15, 0.2) is 5.82 Å². The minimum atomic E-state index is -0.861. The van der Waals surface area contributed by atoms with Crippen LogP contribution < -0.4 is 4.74 Å². The Morgan fingerprint density at radius 3 is 2.83 bits per heavy atom. The molecule has 8 rings (SSSR count). The Labute approximate surface area is 237 Å². The summed E-state index contributed by atoms with van der Waals surface area (Å²) in [6, 6.07) is 10.9. The molecule has 1 saturated carbocycles. The van der Waals surface area contributed by atoms with Gasteiger partial charge in [-0.15, -0.1) is 0 Å². The Hall–Kier alpha value is -3.43. The molecule has 3 saturated heterocycles. The fourth-order valence-electron chi connectivity index (χ4n) is 8.00. The summed E-state index contributed by atoms with van der Waals surface area (Å²) in [6.07, 6.45) is 5.08. The normalized spacial score (nSPS) is 29.6. The van der Waals surface area contributed by atoms with Crippen molar-refractivity contribution in [1.29, 1.82) is 0 Å². The largest absolute Gasteiger partial charge is 0.508 e. The van der Waals surface area contributed by atoms with Gasteiger partial charge in [0.1, 0.15) is 29.7 Å². The lowest BCUT2D eigenvalue weighted by Crippen LogP contribution is -2.43. The fourth-order valence-corrected chi connectivity index (χ4v) is 8.00. The molecule has 0 spiro atoms. The number of aromatic hydroxyl groups is 1. The van der Waals surface area contributed by atoms with Crippen LogP contribution >= 0.6 is 0 Å². The van der Waals surface area contributed by atoms with E-state index in [0.717, 1.165) is 61.8 Å². The first-order valence-electron chi connectivity index (χ1n) is 14.6. The number of phenols is 1. The third-order valence-corrected chi connectivity index (χ3v) is 10.2. The van der Waals surface area contributed by atoms with Gasteiger partial charge in [-0.25, -0.2) is 8.78 Å². The molecule has 1 aliphatic carbocycles. The molecule has 5 heterocycles. The maximum absolute atomic E-state index is 16.6. The average molecular weight is 558 g/mol. The van der Waals surface area contributed by atoms with Crippen molar-refractivity contribution in [3.63, 3.8) is 0 Å². The lowest BCUT2D eigenvalue weighted by atomic mass is 9.89. The summed E-state index contributed by atoms with van der Waals surface area (Å²) >= 11 is 0. The molecule has 7 nitrogen and oxygen atoms in total. The Morgan fingerprint density at radius 1 is 1.07 bits per heavy atom. The van der Waals surface area contributed by atoms with Gasteiger partial charge in [-0.2, -0.15) is 9.97 Å². The van der Waals surface area contributed by atoms with Crippen molar-refractivity contribution >= 4 is 21.7 Å². The molecule has 4 aliphatic rings. The highest BCUT2D eigenvalue weighted by atomic mass is 19.1. The first-order valence-corrected chi connectivity index (χ1v) is 14.6. The van der Waals surface area contributed by atoms with Crippen LogP contribution in [0.4, 0.5) is 8.78 Å². The van der Waals surface area contributed by atoms with Crippen LogP contribution in [0, 0.1) is 11.7 Å². The van der Waals surface area contributed by atoms with Gasteiger partial charge in [-0.3, -0.25) is 9.88 Å². The van der Waals surface area contributed by atoms with Crippen LogP contribution in [0.2, 0.25) is 0 Å². The predicted molar refractivity (Wildman–Crippen MR) is 152 cm³/mol. The number of hydrogen-bond donors (Lipinski definition) is 1. The predicted octanol–water partition coefficient (Wildman–Crippen LogP) is 5.24. The second kappa shape index (κ2) is 9.03. The van der Waals surface area contributed by atoms with Gasteiger partial charge in [0.25, 0.3) is 0 Å². The minimum absolute atomic E-state index is 0.0431. The van der Waals surface area contributed by atoms with Crippen LogP contribution in [0.3, 0.4) is 0 Å². The average Bonchev–Trinajstić information content (AvgIpc) is 3.43. The summed E-state index contributed by atoms with van der Waals surface area (Å²) in [5.41, 5.74) is 1.12. The third kappa shape index (κ3) is 3.92. The van der Waals surface area contributed by atoms with E-state index in [2.05, 4.69) is 26.8 Å². The van der Waals surface area contributed by atoms with Crippen molar-refractivity contribution in [2.24, 2.45) is 5.92 Å². The molecule has 9 heteroatoms. The molecule has 212 valence electrons. The van der Waals surface area contributed by atoms with E-state index in [1.807, 2.05) is 24.3 Å². The molecular formula is C32H33F2N5O2. The Kier molecular flexibility index (Phi) is 5.57. The fraction of sp³-hybridized carbons (Fsp3) is 0.469. The summed E-state index contributed by atoms with van der Waals surface area (Å²) < 4.78 is 37.3. The van der Waals surface area contributed by atoms with Gasteiger partial charge >= 0.3 is 6.01 Å². The van der Waals surface area contributed by atoms with Crippen molar-refractivity contribution in [2.45, 2.75) is 49.2 Å². The van der Waals surface area contributed by atoms with Gasteiger partial charge in [0.2, 0.25) is 0 Å². The number of halogens is 2. The number of benzene rings is 2. The molecule has 0 radical (unpaired) electrons. The summed E-state index contributed by atoms with van der Waals surface area (Å²) in [7, 11) is 2.13. The molecule has 41 heavy (non-hydrogen) atoms. The molecule has 2 aromatic heterocycles. The highest BCUT2D eigenvalue weighted by Crippen LogP contribution is 2.60. The van der Waals surface area contributed by atoms with Gasteiger partial charge < -0.3 is 14.7 Å². The summed E-state index contributed by atoms with van der Waals surface area (Å²) in [5.74, 6) is -0.0730. The molecule has 2 aromatic carbocycles. The zero-order valence-electron chi connectivity index (χ0n) is 23.1. The topological polar surface area (TPSA) is 74.6 Å². The van der Waals surface area contributed by atoms with E-state index in [4.69, 9.17) is 9.72 Å². The smallest absolute Gasteiger partial charge is 0.317 e. The summed E-state index contributed by atoms with van der Waals surface area (Å²) in [4.78, 5) is 18.7. The van der Waals surface area contributed by atoms with Crippen molar-refractivity contribution in [3.05, 3.63) is 54.1 Å². The number of hydrogen-bond acceptors (Lipinski definition) is 7. The van der Waals surface area contributed by atoms with E-state index < -0.39 is 12.0 Å². The van der Waals surface area contributed by atoms with E-state index in [1.54, 1.807) is 18.3 Å². The maximum atomic E-state index is 16.6. The number of pyridine rings is 1. The zero-order chi connectivity index (χ0) is 27.9. The number of rotatable bonds is 5. The molecule has 4 aromatic rings. The van der Waals surface area contributed by atoms with Gasteiger partial charge in [-0.05, 0) is 74.6 Å². The second-order valence-corrected chi connectivity index (χ2v) is 12.7. The van der Waals surface area contributed by atoms with Gasteiger partial charge in [-0.1, -0.05) is 24.3 Å². The monoisotopic (exact) mass is 557 g/mol. The Morgan fingerprint density at radius 2 is 1.95 bits per heavy atom. The van der Waals surface area contributed by atoms with E-state index in [1.165, 1.54) is 0 Å². The third-order valence-electron chi connectivity index (χ3n) is 10.2. The highest BCUT2D eigenvalue weighted by Gasteiger charge is 2.59. The SMILES string of the molecule is CN1CCC2(c3nc(OC[C@@]45CCCN4C[C@H](F)C5)nc4c(F)c(-c5cc(O)cc6ccccc56)ncc34)CC2C1. The number of fused-ring (bicyclic) bond motifs is 4. The van der Waals surface area contributed by atoms with Crippen LogP contribution in [0.15, 0.2) is 42.6 Å². The van der Waals surface area contributed by atoms with E-state index in [0.29, 0.717) is 29.8 Å². The van der Waals surface area contributed by atoms with E-state index >= 15 is 4.39 Å². The van der Waals surface area contributed by atoms with Gasteiger partial charge in [0, 0.05) is 42.1 Å². The van der Waals surface area contributed by atoms with Crippen molar-refractivity contribution in [2.75, 3.05) is 39.8 Å². The molecule has 3 aliphatic heterocycles. The molecule has 1 N–H and O–H groups in total. The molecule has 0 amide bonds. The van der Waals surface area contributed by atoms with E-state index in [-0.39, 0.29) is 40.5 Å². The number of phenolic OH excluding ortho intramolecular Hbond substituents is 1. The number of likely N-dealkylation sites (tertiary alicyclic amines) is 1. The number of alkyl halides is 1. The number of ether oxygens (including phenoxy) is 1. The quantitative estimate of drug-likeness (QED) is 0.360. The first-order chi connectivity index (χ1) is 19.8. The van der Waals surface area contributed by atoms with Gasteiger partial charge in [0.05, 0.1) is 11.2 Å². The molecular weight excluding hydrogens is 524 g/mol. The maximum Gasteiger partial charge on any atom is 0.317 e. The van der Waals surface area contributed by atoms with Crippen molar-refractivity contribution in [3.8, 4) is 23.0 Å². The van der Waals surface area contributed by atoms with E-state index in [9.17, 15) is 9.50 Å². The molecule has 0 bridgehead atoms. The molecule has 4 atom stereocenters. The first kappa shape index (κ1) is 25.3. The lowest BCUT2D eigenvalue weighted by Gasteiger charge is -2.31. The highest BCUT2D eigenvalue weighted by molar-refractivity contribution is 5.99. The minimum Gasteiger partial charge on any atom is -0.508 e. The van der Waals surface area contributed by atoms with Crippen molar-refractivity contribution < 1.29 is 18.6 Å². The number of piperidine rings is 1.